The molecule has 0 saturated carbocycles. The number of unbranched alkanes of at least 4 members (excludes halogenated alkanes) is 27. The standard InChI is InChI=1S/C18H37.C16H32O2/c1-3-5-7-9-11-13-15-17-18-16-14-12-10-8-6-4-2;1-2-3-4-5-6-7-8-9-10-11-12-13-14-15-16(17)18/h1,3-18H2,2H3;2-15H2,1H3,(H,17,18). The molecule has 1 radical (unpaired) electrons. The van der Waals surface area contributed by atoms with E-state index < -0.39 is 5.97 Å². The highest BCUT2D eigenvalue weighted by Crippen LogP contribution is 2.14. The van der Waals surface area contributed by atoms with E-state index in [4.69, 9.17) is 5.11 Å². The third-order valence-electron chi connectivity index (χ3n) is 7.35. The predicted octanol–water partition coefficient (Wildman–Crippen LogP) is 12.6. The molecule has 0 spiro atoms. The van der Waals surface area contributed by atoms with Crippen LogP contribution < -0.4 is 0 Å². The Bertz CT molecular complexity index is 363. The SMILES string of the molecule is CCCCCCCCCCCCCCCC(=O)O.[CH2]CCCCCCCCCCCCCCCCC. The van der Waals surface area contributed by atoms with Gasteiger partial charge in [-0.15, -0.1) is 0 Å². The first-order valence-electron chi connectivity index (χ1n) is 16.7. The van der Waals surface area contributed by atoms with Gasteiger partial charge < -0.3 is 5.11 Å². The molecule has 1 N–H and O–H groups in total. The van der Waals surface area contributed by atoms with Crippen LogP contribution in [-0.4, -0.2) is 11.1 Å². The van der Waals surface area contributed by atoms with Crippen molar-refractivity contribution in [3.8, 4) is 0 Å². The molecular formula is C34H69O2. The van der Waals surface area contributed by atoms with E-state index in [2.05, 4.69) is 20.8 Å². The molecule has 0 aliphatic heterocycles. The maximum atomic E-state index is 10.3. The summed E-state index contributed by atoms with van der Waals surface area (Å²) >= 11 is 0. The van der Waals surface area contributed by atoms with Crippen molar-refractivity contribution in [2.24, 2.45) is 0 Å². The van der Waals surface area contributed by atoms with Crippen LogP contribution in [0.25, 0.3) is 0 Å². The second-order valence-electron chi connectivity index (χ2n) is 11.2. The molecule has 0 rings (SSSR count). The Labute approximate surface area is 229 Å². The van der Waals surface area contributed by atoms with E-state index in [1.54, 1.807) is 0 Å². The van der Waals surface area contributed by atoms with Crippen LogP contribution in [0.3, 0.4) is 0 Å². The number of aliphatic carboxylic acids is 1. The van der Waals surface area contributed by atoms with Gasteiger partial charge in [-0.25, -0.2) is 0 Å². The van der Waals surface area contributed by atoms with E-state index in [1.807, 2.05) is 0 Å². The summed E-state index contributed by atoms with van der Waals surface area (Å²) in [6.07, 6.45) is 40.1. The molecule has 0 heterocycles. The summed E-state index contributed by atoms with van der Waals surface area (Å²) in [4.78, 5) is 10.3. The van der Waals surface area contributed by atoms with E-state index >= 15 is 0 Å². The largest absolute Gasteiger partial charge is 0.481 e. The van der Waals surface area contributed by atoms with Crippen molar-refractivity contribution in [2.45, 2.75) is 206 Å². The van der Waals surface area contributed by atoms with E-state index in [0.717, 1.165) is 19.3 Å². The van der Waals surface area contributed by atoms with E-state index in [-0.39, 0.29) is 0 Å². The molecule has 0 bridgehead atoms. The minimum atomic E-state index is -0.655. The molecule has 0 aromatic heterocycles. The minimum Gasteiger partial charge on any atom is -0.481 e. The van der Waals surface area contributed by atoms with Gasteiger partial charge in [0.2, 0.25) is 0 Å². The van der Waals surface area contributed by atoms with Crippen LogP contribution in [0, 0.1) is 6.92 Å². The Balaban J connectivity index is 0. The summed E-state index contributed by atoms with van der Waals surface area (Å²) in [7, 11) is 0. The predicted molar refractivity (Wildman–Crippen MR) is 163 cm³/mol. The Morgan fingerprint density at radius 3 is 0.861 bits per heavy atom. The second-order valence-corrected chi connectivity index (χ2v) is 11.2. The van der Waals surface area contributed by atoms with Gasteiger partial charge in [0.1, 0.15) is 0 Å². The van der Waals surface area contributed by atoms with Crippen molar-refractivity contribution in [1.82, 2.24) is 0 Å². The first-order valence-corrected chi connectivity index (χ1v) is 16.7. The van der Waals surface area contributed by atoms with Gasteiger partial charge in [0.25, 0.3) is 0 Å². The van der Waals surface area contributed by atoms with Gasteiger partial charge in [0.05, 0.1) is 0 Å². The highest BCUT2D eigenvalue weighted by Gasteiger charge is 1.97. The molecule has 0 unspecified atom stereocenters. The second kappa shape index (κ2) is 36.6. The van der Waals surface area contributed by atoms with Gasteiger partial charge in [-0.3, -0.25) is 4.79 Å². The molecule has 0 amide bonds. The van der Waals surface area contributed by atoms with Crippen LogP contribution in [0.5, 0.6) is 0 Å². The summed E-state index contributed by atoms with van der Waals surface area (Å²) in [5, 5.41) is 8.49. The van der Waals surface area contributed by atoms with Crippen LogP contribution in [0.15, 0.2) is 0 Å². The molecule has 0 atom stereocenters. The van der Waals surface area contributed by atoms with Crippen LogP contribution >= 0.6 is 0 Å². The van der Waals surface area contributed by atoms with Gasteiger partial charge in [-0.2, -0.15) is 0 Å². The minimum absolute atomic E-state index is 0.345. The molecule has 0 saturated heterocycles. The summed E-state index contributed by atoms with van der Waals surface area (Å²) < 4.78 is 0. The number of hydrogen-bond donors (Lipinski definition) is 1. The quantitative estimate of drug-likeness (QED) is 0.102. The average molecular weight is 510 g/mol. The lowest BCUT2D eigenvalue weighted by Gasteiger charge is -2.03. The maximum Gasteiger partial charge on any atom is 0.303 e. The molecule has 0 aliphatic rings. The molecule has 0 aromatic carbocycles. The van der Waals surface area contributed by atoms with Crippen LogP contribution in [0.1, 0.15) is 206 Å². The fourth-order valence-electron chi connectivity index (χ4n) is 4.84. The smallest absolute Gasteiger partial charge is 0.303 e. The number of carbonyl (C=O) groups is 1. The van der Waals surface area contributed by atoms with Crippen molar-refractivity contribution in [3.05, 3.63) is 6.92 Å². The normalized spacial score (nSPS) is 10.9. The average Bonchev–Trinajstić information content (AvgIpc) is 2.87. The Kier molecular flexibility index (Phi) is 38.3. The monoisotopic (exact) mass is 510 g/mol. The van der Waals surface area contributed by atoms with Gasteiger partial charge in [-0.1, -0.05) is 201 Å². The summed E-state index contributed by atoms with van der Waals surface area (Å²) in [6, 6.07) is 0. The third kappa shape index (κ3) is 40.6. The number of hydrogen-bond acceptors (Lipinski definition) is 1. The van der Waals surface area contributed by atoms with Gasteiger partial charge in [0.15, 0.2) is 0 Å². The van der Waals surface area contributed by atoms with Crippen molar-refractivity contribution >= 4 is 5.97 Å². The van der Waals surface area contributed by atoms with Crippen LogP contribution in [0.2, 0.25) is 0 Å². The Morgan fingerprint density at radius 1 is 0.417 bits per heavy atom. The fourth-order valence-corrected chi connectivity index (χ4v) is 4.84. The zero-order valence-corrected chi connectivity index (χ0v) is 25.3. The molecule has 0 aromatic rings. The Hall–Kier alpha value is -0.530. The highest BCUT2D eigenvalue weighted by molar-refractivity contribution is 5.66. The topological polar surface area (TPSA) is 37.3 Å². The van der Waals surface area contributed by atoms with Gasteiger partial charge in [-0.05, 0) is 6.42 Å². The first kappa shape index (κ1) is 37.6. The summed E-state index contributed by atoms with van der Waals surface area (Å²) in [6.45, 7) is 8.44. The van der Waals surface area contributed by atoms with Crippen molar-refractivity contribution in [1.29, 1.82) is 0 Å². The van der Waals surface area contributed by atoms with E-state index in [1.165, 1.54) is 167 Å². The number of carboxylic acids is 1. The molecule has 0 fully saturated rings. The Morgan fingerprint density at radius 2 is 0.639 bits per heavy atom. The maximum absolute atomic E-state index is 10.3. The lowest BCUT2D eigenvalue weighted by atomic mass is 10.0. The van der Waals surface area contributed by atoms with Crippen molar-refractivity contribution in [2.75, 3.05) is 0 Å². The van der Waals surface area contributed by atoms with Gasteiger partial charge >= 0.3 is 5.97 Å². The van der Waals surface area contributed by atoms with E-state index in [9.17, 15) is 4.79 Å². The summed E-state index contributed by atoms with van der Waals surface area (Å²) in [5.74, 6) is -0.655. The van der Waals surface area contributed by atoms with Crippen molar-refractivity contribution < 1.29 is 9.90 Å². The van der Waals surface area contributed by atoms with Crippen molar-refractivity contribution in [3.63, 3.8) is 0 Å². The zero-order valence-electron chi connectivity index (χ0n) is 25.3. The molecule has 2 heteroatoms. The lowest BCUT2D eigenvalue weighted by molar-refractivity contribution is -0.137. The van der Waals surface area contributed by atoms with E-state index in [0.29, 0.717) is 6.42 Å². The number of carboxylic acid groups (broad SMARTS) is 1. The molecule has 217 valence electrons. The third-order valence-corrected chi connectivity index (χ3v) is 7.35. The lowest BCUT2D eigenvalue weighted by Crippen LogP contribution is -1.93. The van der Waals surface area contributed by atoms with Crippen LogP contribution in [-0.2, 0) is 4.79 Å². The molecule has 2 nitrogen and oxygen atoms in total. The fraction of sp³-hybridized carbons (Fsp3) is 0.941. The molecular weight excluding hydrogens is 440 g/mol. The first-order chi connectivity index (χ1) is 17.7. The molecule has 0 aliphatic carbocycles. The van der Waals surface area contributed by atoms with Gasteiger partial charge in [0, 0.05) is 6.42 Å². The van der Waals surface area contributed by atoms with Crippen LogP contribution in [0.4, 0.5) is 0 Å². The zero-order chi connectivity index (χ0) is 26.8. The number of rotatable bonds is 29. The highest BCUT2D eigenvalue weighted by atomic mass is 16.4. The molecule has 36 heavy (non-hydrogen) atoms. The summed E-state index contributed by atoms with van der Waals surface area (Å²) in [5.41, 5.74) is 0.